The molecular weight excluding hydrogens is 464 g/mol. The quantitative estimate of drug-likeness (QED) is 0.374. The number of carbonyl (C=O) groups is 1. The molecule has 2 aromatic carbocycles. The molecular formula is C27H25F2N5O2. The van der Waals surface area contributed by atoms with Gasteiger partial charge in [-0.05, 0) is 30.2 Å². The highest BCUT2D eigenvalue weighted by atomic mass is 19.1. The Morgan fingerprint density at radius 2 is 1.83 bits per heavy atom. The van der Waals surface area contributed by atoms with Crippen molar-refractivity contribution in [1.29, 1.82) is 0 Å². The summed E-state index contributed by atoms with van der Waals surface area (Å²) in [5.74, 6) is -1.81. The summed E-state index contributed by atoms with van der Waals surface area (Å²) in [5, 5.41) is 2.36. The molecule has 0 saturated carbocycles. The first-order chi connectivity index (χ1) is 17.4. The molecule has 0 N–H and O–H groups in total. The van der Waals surface area contributed by atoms with Crippen molar-refractivity contribution >= 4 is 33.4 Å². The van der Waals surface area contributed by atoms with Gasteiger partial charge in [0.15, 0.2) is 11.6 Å². The summed E-state index contributed by atoms with van der Waals surface area (Å²) in [6.07, 6.45) is 1.58. The Labute approximate surface area is 207 Å². The summed E-state index contributed by atoms with van der Waals surface area (Å²) in [4.78, 5) is 28.7. The second kappa shape index (κ2) is 9.49. The molecule has 184 valence electrons. The molecule has 0 atom stereocenters. The van der Waals surface area contributed by atoms with Crippen LogP contribution in [0.15, 0.2) is 55.0 Å². The van der Waals surface area contributed by atoms with Crippen molar-refractivity contribution < 1.29 is 18.3 Å². The highest BCUT2D eigenvalue weighted by Crippen LogP contribution is 2.36. The first-order valence-electron chi connectivity index (χ1n) is 11.8. The molecule has 2 aromatic heterocycles. The van der Waals surface area contributed by atoms with Crippen LogP contribution in [-0.2, 0) is 4.79 Å². The minimum Gasteiger partial charge on any atom is -0.464 e. The highest BCUT2D eigenvalue weighted by molar-refractivity contribution is 6.00. The van der Waals surface area contributed by atoms with Gasteiger partial charge < -0.3 is 14.5 Å². The number of benzene rings is 2. The van der Waals surface area contributed by atoms with E-state index in [-0.39, 0.29) is 30.3 Å². The molecule has 1 aliphatic heterocycles. The SMILES string of the molecule is C=C(F)C(=O)N1CCN(c2nc(OCC)nc3c(F)c(-c4cccc5cccc(C)c45)ncc23)CC1. The number of hydrogen-bond donors (Lipinski definition) is 0. The topological polar surface area (TPSA) is 71.5 Å². The van der Waals surface area contributed by atoms with Crippen LogP contribution in [0.25, 0.3) is 32.9 Å². The Kier molecular flexibility index (Phi) is 6.22. The second-order valence-corrected chi connectivity index (χ2v) is 8.61. The van der Waals surface area contributed by atoms with Gasteiger partial charge in [-0.3, -0.25) is 9.78 Å². The normalized spacial score (nSPS) is 13.9. The van der Waals surface area contributed by atoms with Crippen LogP contribution >= 0.6 is 0 Å². The van der Waals surface area contributed by atoms with Gasteiger partial charge >= 0.3 is 6.01 Å². The third kappa shape index (κ3) is 4.10. The zero-order chi connectivity index (χ0) is 25.4. The number of aryl methyl sites for hydroxylation is 1. The van der Waals surface area contributed by atoms with E-state index in [4.69, 9.17) is 4.74 Å². The van der Waals surface area contributed by atoms with Gasteiger partial charge in [0.2, 0.25) is 0 Å². The third-order valence-electron chi connectivity index (χ3n) is 6.38. The van der Waals surface area contributed by atoms with E-state index in [1.165, 1.54) is 4.90 Å². The third-order valence-corrected chi connectivity index (χ3v) is 6.38. The van der Waals surface area contributed by atoms with Crippen molar-refractivity contribution in [1.82, 2.24) is 19.9 Å². The summed E-state index contributed by atoms with van der Waals surface area (Å²) < 4.78 is 35.0. The van der Waals surface area contributed by atoms with E-state index in [2.05, 4.69) is 21.5 Å². The van der Waals surface area contributed by atoms with E-state index in [1.54, 1.807) is 13.1 Å². The van der Waals surface area contributed by atoms with Crippen LogP contribution in [0, 0.1) is 12.7 Å². The van der Waals surface area contributed by atoms with E-state index < -0.39 is 17.6 Å². The summed E-state index contributed by atoms with van der Waals surface area (Å²) >= 11 is 0. The Hall–Kier alpha value is -4.14. The maximum atomic E-state index is 16.1. The number of pyridine rings is 1. The molecule has 1 fully saturated rings. The van der Waals surface area contributed by atoms with Crippen LogP contribution in [0.5, 0.6) is 6.01 Å². The summed E-state index contributed by atoms with van der Waals surface area (Å²) in [6.45, 7) is 8.50. The zero-order valence-electron chi connectivity index (χ0n) is 20.1. The number of nitrogens with zero attached hydrogens (tertiary/aromatic N) is 5. The zero-order valence-corrected chi connectivity index (χ0v) is 20.1. The van der Waals surface area contributed by atoms with E-state index in [1.807, 2.05) is 48.2 Å². The Balaban J connectivity index is 1.61. The molecule has 0 bridgehead atoms. The van der Waals surface area contributed by atoms with Gasteiger partial charge in [-0.2, -0.15) is 9.97 Å². The molecule has 1 amide bonds. The molecule has 5 rings (SSSR count). The van der Waals surface area contributed by atoms with E-state index in [0.29, 0.717) is 36.5 Å². The standard InChI is InChI=1S/C27H25F2N5O2/c1-4-36-27-31-24-20(25(32-27)33-11-13-34(14-12-33)26(35)17(3)28)15-30-23(22(24)29)19-10-6-9-18-8-5-7-16(2)21(18)19/h5-10,15H,3-4,11-14H2,1-2H3. The fraction of sp³-hybridized carbons (Fsp3) is 0.259. The van der Waals surface area contributed by atoms with Gasteiger partial charge in [-0.1, -0.05) is 43.0 Å². The predicted molar refractivity (Wildman–Crippen MR) is 135 cm³/mol. The molecule has 3 heterocycles. The molecule has 36 heavy (non-hydrogen) atoms. The first kappa shape index (κ1) is 23.6. The minimum absolute atomic E-state index is 0.0563. The van der Waals surface area contributed by atoms with Crippen molar-refractivity contribution in [3.8, 4) is 17.3 Å². The molecule has 0 spiro atoms. The molecule has 1 aliphatic rings. The average Bonchev–Trinajstić information content (AvgIpc) is 2.88. The lowest BCUT2D eigenvalue weighted by Crippen LogP contribution is -2.49. The Morgan fingerprint density at radius 1 is 1.11 bits per heavy atom. The molecule has 1 saturated heterocycles. The maximum Gasteiger partial charge on any atom is 0.319 e. The van der Waals surface area contributed by atoms with Crippen LogP contribution in [0.1, 0.15) is 12.5 Å². The van der Waals surface area contributed by atoms with Crippen LogP contribution in [0.2, 0.25) is 0 Å². The number of halogens is 2. The van der Waals surface area contributed by atoms with Crippen molar-refractivity contribution in [3.05, 3.63) is 66.4 Å². The molecule has 0 aliphatic carbocycles. The summed E-state index contributed by atoms with van der Waals surface area (Å²) in [6, 6.07) is 11.7. The maximum absolute atomic E-state index is 16.1. The van der Waals surface area contributed by atoms with Gasteiger partial charge in [0.1, 0.15) is 17.0 Å². The smallest absolute Gasteiger partial charge is 0.319 e. The molecule has 0 unspecified atom stereocenters. The lowest BCUT2D eigenvalue weighted by atomic mass is 9.97. The van der Waals surface area contributed by atoms with Crippen LogP contribution in [-0.4, -0.2) is 58.5 Å². The van der Waals surface area contributed by atoms with Crippen molar-refractivity contribution in [2.75, 3.05) is 37.7 Å². The molecule has 9 heteroatoms. The van der Waals surface area contributed by atoms with E-state index in [9.17, 15) is 9.18 Å². The average molecular weight is 490 g/mol. The van der Waals surface area contributed by atoms with Crippen molar-refractivity contribution in [2.45, 2.75) is 13.8 Å². The fourth-order valence-corrected chi connectivity index (χ4v) is 4.66. The van der Waals surface area contributed by atoms with Crippen LogP contribution in [0.3, 0.4) is 0 Å². The molecule has 4 aromatic rings. The highest BCUT2D eigenvalue weighted by Gasteiger charge is 2.27. The molecule has 0 radical (unpaired) electrons. The van der Waals surface area contributed by atoms with Crippen molar-refractivity contribution in [3.63, 3.8) is 0 Å². The number of fused-ring (bicyclic) bond motifs is 2. The number of hydrogen-bond acceptors (Lipinski definition) is 6. The van der Waals surface area contributed by atoms with Gasteiger partial charge in [-0.15, -0.1) is 0 Å². The lowest BCUT2D eigenvalue weighted by molar-refractivity contribution is -0.128. The van der Waals surface area contributed by atoms with Crippen LogP contribution < -0.4 is 9.64 Å². The Morgan fingerprint density at radius 3 is 2.53 bits per heavy atom. The monoisotopic (exact) mass is 489 g/mol. The number of ether oxygens (including phenoxy) is 1. The number of rotatable bonds is 5. The van der Waals surface area contributed by atoms with Gasteiger partial charge in [0.25, 0.3) is 5.91 Å². The lowest BCUT2D eigenvalue weighted by Gasteiger charge is -2.35. The summed E-state index contributed by atoms with van der Waals surface area (Å²) in [7, 11) is 0. The van der Waals surface area contributed by atoms with E-state index in [0.717, 1.165) is 16.3 Å². The number of amides is 1. The largest absolute Gasteiger partial charge is 0.464 e. The van der Waals surface area contributed by atoms with Crippen LogP contribution in [0.4, 0.5) is 14.6 Å². The van der Waals surface area contributed by atoms with E-state index >= 15 is 4.39 Å². The second-order valence-electron chi connectivity index (χ2n) is 8.61. The van der Waals surface area contributed by atoms with Gasteiger partial charge in [0.05, 0.1) is 12.0 Å². The first-order valence-corrected chi connectivity index (χ1v) is 11.8. The van der Waals surface area contributed by atoms with Gasteiger partial charge in [-0.25, -0.2) is 8.78 Å². The fourth-order valence-electron chi connectivity index (χ4n) is 4.66. The predicted octanol–water partition coefficient (Wildman–Crippen LogP) is 4.82. The number of anilines is 1. The van der Waals surface area contributed by atoms with Crippen molar-refractivity contribution in [2.24, 2.45) is 0 Å². The number of aromatic nitrogens is 3. The minimum atomic E-state index is -0.989. The molecule has 7 nitrogen and oxygen atoms in total. The summed E-state index contributed by atoms with van der Waals surface area (Å²) in [5.41, 5.74) is 2.01. The number of piperazine rings is 1. The number of carbonyl (C=O) groups excluding carboxylic acids is 1. The Bertz CT molecular complexity index is 1490. The van der Waals surface area contributed by atoms with Gasteiger partial charge in [0, 0.05) is 37.9 Å².